The molecule has 0 fully saturated rings. The zero-order valence-corrected chi connectivity index (χ0v) is 11.5. The molecule has 0 spiro atoms. The highest BCUT2D eigenvalue weighted by Gasteiger charge is 2.22. The second kappa shape index (κ2) is 4.85. The number of carbonyl (C=O) groups is 1. The van der Waals surface area contributed by atoms with Crippen LogP contribution in [0.5, 0.6) is 0 Å². The average Bonchev–Trinajstić information content (AvgIpc) is 2.87. The molecule has 0 aliphatic heterocycles. The van der Waals surface area contributed by atoms with E-state index in [-0.39, 0.29) is 15.6 Å². The van der Waals surface area contributed by atoms with E-state index in [1.54, 1.807) is 0 Å². The fourth-order valence-corrected chi connectivity index (χ4v) is 3.16. The van der Waals surface area contributed by atoms with Crippen molar-refractivity contribution >= 4 is 26.1 Å². The van der Waals surface area contributed by atoms with Gasteiger partial charge in [0.1, 0.15) is 0 Å². The molecule has 0 radical (unpaired) electrons. The average molecular weight is 315 g/mol. The quantitative estimate of drug-likeness (QED) is 0.822. The van der Waals surface area contributed by atoms with Crippen molar-refractivity contribution in [2.24, 2.45) is 5.14 Å². The Kier molecular flexibility index (Phi) is 3.50. The molecule has 20 heavy (non-hydrogen) atoms. The molecular weight excluding hydrogens is 306 g/mol. The van der Waals surface area contributed by atoms with Crippen LogP contribution >= 0.6 is 0 Å². The molecule has 1 aromatic heterocycles. The lowest BCUT2D eigenvalue weighted by atomic mass is 10.4. The van der Waals surface area contributed by atoms with Crippen molar-refractivity contribution in [3.05, 3.63) is 42.2 Å². The predicted octanol–water partition coefficient (Wildman–Crippen LogP) is 0.572. The van der Waals surface area contributed by atoms with Gasteiger partial charge in [-0.2, -0.15) is 0 Å². The summed E-state index contributed by atoms with van der Waals surface area (Å²) in [6.07, 6.45) is 0.378. The van der Waals surface area contributed by atoms with Gasteiger partial charge < -0.3 is 4.42 Å². The molecule has 0 saturated carbocycles. The molecule has 0 amide bonds. The summed E-state index contributed by atoms with van der Waals surface area (Å²) < 4.78 is 51.3. The summed E-state index contributed by atoms with van der Waals surface area (Å²) in [5, 5.41) is 4.51. The molecule has 0 unspecified atom stereocenters. The third-order valence-electron chi connectivity index (χ3n) is 2.45. The Balaban J connectivity index is 2.47. The number of aldehydes is 1. The summed E-state index contributed by atoms with van der Waals surface area (Å²) in [6.45, 7) is 0. The molecule has 0 bridgehead atoms. The maximum atomic E-state index is 12.1. The van der Waals surface area contributed by atoms with Crippen LogP contribution in [-0.4, -0.2) is 23.1 Å². The smallest absolute Gasteiger partial charge is 0.239 e. The zero-order valence-electron chi connectivity index (χ0n) is 9.88. The Morgan fingerprint density at radius 1 is 0.900 bits per heavy atom. The Bertz CT molecular complexity index is 847. The van der Waals surface area contributed by atoms with Crippen molar-refractivity contribution in [3.8, 4) is 0 Å². The van der Waals surface area contributed by atoms with E-state index >= 15 is 0 Å². The molecule has 0 aliphatic carbocycles. The zero-order chi connectivity index (χ0) is 15.0. The number of benzene rings is 1. The van der Waals surface area contributed by atoms with E-state index in [0.29, 0.717) is 6.29 Å². The minimum absolute atomic E-state index is 0.121. The van der Waals surface area contributed by atoms with Gasteiger partial charge in [-0.15, -0.1) is 0 Å². The fraction of sp³-hybridized carbons (Fsp3) is 0. The molecule has 0 aliphatic rings. The van der Waals surface area contributed by atoms with Gasteiger partial charge in [0.05, 0.1) is 9.79 Å². The lowest BCUT2D eigenvalue weighted by molar-refractivity contribution is 0.109. The molecule has 2 rings (SSSR count). The van der Waals surface area contributed by atoms with Crippen LogP contribution in [0.3, 0.4) is 0 Å². The highest BCUT2D eigenvalue weighted by atomic mass is 32.2. The number of nitrogens with two attached hydrogens (primary N) is 1. The predicted molar refractivity (Wildman–Crippen MR) is 67.4 cm³/mol. The first kappa shape index (κ1) is 14.4. The van der Waals surface area contributed by atoms with Crippen LogP contribution in [0.1, 0.15) is 10.6 Å². The molecule has 1 aromatic carbocycles. The van der Waals surface area contributed by atoms with Gasteiger partial charge in [0.2, 0.25) is 25.0 Å². The number of furan rings is 1. The summed E-state index contributed by atoms with van der Waals surface area (Å²) in [6, 6.07) is 6.71. The van der Waals surface area contributed by atoms with Gasteiger partial charge in [-0.1, -0.05) is 0 Å². The van der Waals surface area contributed by atoms with E-state index in [0.717, 1.165) is 30.3 Å². The third-order valence-corrected chi connectivity index (χ3v) is 5.02. The number of hydrogen-bond donors (Lipinski definition) is 1. The Morgan fingerprint density at radius 3 is 1.90 bits per heavy atom. The number of primary sulfonamides is 1. The fourth-order valence-electron chi connectivity index (χ4n) is 1.47. The minimum Gasteiger partial charge on any atom is -0.442 e. The van der Waals surface area contributed by atoms with E-state index in [1.807, 2.05) is 0 Å². The maximum Gasteiger partial charge on any atom is 0.239 e. The van der Waals surface area contributed by atoms with Gasteiger partial charge >= 0.3 is 0 Å². The van der Waals surface area contributed by atoms with Crippen LogP contribution in [0.2, 0.25) is 0 Å². The molecule has 0 saturated heterocycles. The molecule has 7 nitrogen and oxygen atoms in total. The van der Waals surface area contributed by atoms with Crippen LogP contribution in [0.4, 0.5) is 0 Å². The largest absolute Gasteiger partial charge is 0.442 e. The Morgan fingerprint density at radius 2 is 1.45 bits per heavy atom. The SMILES string of the molecule is NS(=O)(=O)c1ccc(S(=O)(=O)c2ccc(C=O)o2)cc1. The monoisotopic (exact) mass is 315 g/mol. The minimum atomic E-state index is -3.95. The van der Waals surface area contributed by atoms with Gasteiger partial charge in [0, 0.05) is 0 Å². The van der Waals surface area contributed by atoms with Gasteiger partial charge in [-0.05, 0) is 36.4 Å². The molecular formula is C11H9NO6S2. The number of sulfone groups is 1. The molecule has 0 atom stereocenters. The second-order valence-corrected chi connectivity index (χ2v) is 7.24. The van der Waals surface area contributed by atoms with E-state index in [1.165, 1.54) is 6.07 Å². The van der Waals surface area contributed by atoms with E-state index in [2.05, 4.69) is 0 Å². The van der Waals surface area contributed by atoms with Crippen LogP contribution in [0.15, 0.2) is 55.7 Å². The maximum absolute atomic E-state index is 12.1. The number of sulfonamides is 1. The van der Waals surface area contributed by atoms with Gasteiger partial charge in [-0.3, -0.25) is 4.79 Å². The van der Waals surface area contributed by atoms with Crippen LogP contribution in [0, 0.1) is 0 Å². The van der Waals surface area contributed by atoms with E-state index < -0.39 is 25.0 Å². The number of carbonyl (C=O) groups excluding carboxylic acids is 1. The second-order valence-electron chi connectivity index (χ2n) is 3.79. The normalized spacial score (nSPS) is 12.2. The number of rotatable bonds is 4. The summed E-state index contributed by atoms with van der Waals surface area (Å²) in [7, 11) is -7.85. The Labute approximate surface area is 115 Å². The topological polar surface area (TPSA) is 125 Å². The molecule has 9 heteroatoms. The first-order chi connectivity index (χ1) is 9.25. The third kappa shape index (κ3) is 2.64. The van der Waals surface area contributed by atoms with E-state index in [4.69, 9.17) is 9.56 Å². The highest BCUT2D eigenvalue weighted by Crippen LogP contribution is 2.23. The lowest BCUT2D eigenvalue weighted by Gasteiger charge is -2.02. The molecule has 106 valence electrons. The van der Waals surface area contributed by atoms with Crippen LogP contribution in [-0.2, 0) is 19.9 Å². The number of hydrogen-bond acceptors (Lipinski definition) is 6. The summed E-state index contributed by atoms with van der Waals surface area (Å²) >= 11 is 0. The first-order valence-electron chi connectivity index (χ1n) is 5.18. The van der Waals surface area contributed by atoms with Crippen molar-refractivity contribution in [1.29, 1.82) is 0 Å². The van der Waals surface area contributed by atoms with Crippen LogP contribution < -0.4 is 5.14 Å². The van der Waals surface area contributed by atoms with Crippen molar-refractivity contribution in [2.75, 3.05) is 0 Å². The van der Waals surface area contributed by atoms with E-state index in [9.17, 15) is 21.6 Å². The summed E-state index contributed by atoms with van der Waals surface area (Å²) in [4.78, 5) is 10.1. The Hall–Kier alpha value is -1.97. The first-order valence-corrected chi connectivity index (χ1v) is 8.21. The van der Waals surface area contributed by atoms with Crippen molar-refractivity contribution in [2.45, 2.75) is 14.9 Å². The van der Waals surface area contributed by atoms with Gasteiger partial charge in [-0.25, -0.2) is 22.0 Å². The van der Waals surface area contributed by atoms with Crippen molar-refractivity contribution in [1.82, 2.24) is 0 Å². The van der Waals surface area contributed by atoms with Gasteiger partial charge in [0.25, 0.3) is 0 Å². The van der Waals surface area contributed by atoms with Crippen LogP contribution in [0.25, 0.3) is 0 Å². The summed E-state index contributed by atoms with van der Waals surface area (Å²) in [5.41, 5.74) is 0. The van der Waals surface area contributed by atoms with Crippen molar-refractivity contribution < 1.29 is 26.0 Å². The highest BCUT2D eigenvalue weighted by molar-refractivity contribution is 7.91. The summed E-state index contributed by atoms with van der Waals surface area (Å²) in [5.74, 6) is -0.121. The molecule has 2 N–H and O–H groups in total. The molecule has 1 heterocycles. The molecule has 2 aromatic rings. The lowest BCUT2D eigenvalue weighted by Crippen LogP contribution is -2.12. The standard InChI is InChI=1S/C11H9NO6S2/c12-20(16,17)10-4-2-9(3-5-10)19(14,15)11-6-1-8(7-13)18-11/h1-7H,(H2,12,16,17). The van der Waals surface area contributed by atoms with Crippen molar-refractivity contribution in [3.63, 3.8) is 0 Å². The van der Waals surface area contributed by atoms with Gasteiger partial charge in [0.15, 0.2) is 12.0 Å².